The van der Waals surface area contributed by atoms with Crippen LogP contribution in [0.2, 0.25) is 0 Å². The smallest absolute Gasteiger partial charge is 0.274 e. The van der Waals surface area contributed by atoms with E-state index in [9.17, 15) is 4.79 Å². The van der Waals surface area contributed by atoms with Gasteiger partial charge in [-0.05, 0) is 37.1 Å². The molecule has 5 rings (SSSR count). The van der Waals surface area contributed by atoms with Gasteiger partial charge < -0.3 is 9.30 Å². The largest absolute Gasteiger partial charge is 0.328 e. The summed E-state index contributed by atoms with van der Waals surface area (Å²) < 4.78 is 2.02. The molecule has 0 radical (unpaired) electrons. The summed E-state index contributed by atoms with van der Waals surface area (Å²) in [6.45, 7) is 0.517. The van der Waals surface area contributed by atoms with Gasteiger partial charge in [-0.1, -0.05) is 18.2 Å². The predicted octanol–water partition coefficient (Wildman–Crippen LogP) is 3.08. The van der Waals surface area contributed by atoms with Gasteiger partial charge in [-0.2, -0.15) is 0 Å². The van der Waals surface area contributed by atoms with Gasteiger partial charge in [0.05, 0.1) is 35.7 Å². The first-order valence-electron chi connectivity index (χ1n) is 8.73. The van der Waals surface area contributed by atoms with Gasteiger partial charge in [-0.15, -0.1) is 0 Å². The third kappa shape index (κ3) is 2.60. The van der Waals surface area contributed by atoms with Gasteiger partial charge in [0.25, 0.3) is 5.91 Å². The summed E-state index contributed by atoms with van der Waals surface area (Å²) in [4.78, 5) is 28.4. The lowest BCUT2D eigenvalue weighted by Gasteiger charge is -2.21. The minimum Gasteiger partial charge on any atom is -0.328 e. The van der Waals surface area contributed by atoms with Crippen LogP contribution < -0.4 is 0 Å². The van der Waals surface area contributed by atoms with E-state index in [1.165, 1.54) is 0 Å². The van der Waals surface area contributed by atoms with Crippen molar-refractivity contribution in [3.63, 3.8) is 0 Å². The summed E-state index contributed by atoms with van der Waals surface area (Å²) in [6, 6.07) is 13.8. The van der Waals surface area contributed by atoms with Crippen LogP contribution in [-0.2, 0) is 6.54 Å². The lowest BCUT2D eigenvalue weighted by Crippen LogP contribution is -2.33. The number of para-hydroxylation sites is 2. The summed E-state index contributed by atoms with van der Waals surface area (Å²) in [5, 5.41) is 0. The Morgan fingerprint density at radius 1 is 1.04 bits per heavy atom. The van der Waals surface area contributed by atoms with Gasteiger partial charge >= 0.3 is 0 Å². The highest BCUT2D eigenvalue weighted by Crippen LogP contribution is 2.30. The van der Waals surface area contributed by atoms with E-state index in [1.54, 1.807) is 6.20 Å². The Balaban J connectivity index is 1.49. The van der Waals surface area contributed by atoms with Gasteiger partial charge in [0, 0.05) is 12.2 Å². The molecule has 0 bridgehead atoms. The van der Waals surface area contributed by atoms with Crippen LogP contribution in [0.5, 0.6) is 0 Å². The average molecular weight is 343 g/mol. The summed E-state index contributed by atoms with van der Waals surface area (Å²) in [6.07, 6.45) is 7.45. The van der Waals surface area contributed by atoms with Gasteiger partial charge in [-0.3, -0.25) is 9.78 Å². The third-order valence-electron chi connectivity index (χ3n) is 4.74. The zero-order valence-electron chi connectivity index (χ0n) is 14.1. The fourth-order valence-corrected chi connectivity index (χ4v) is 3.24. The first-order valence-corrected chi connectivity index (χ1v) is 8.73. The molecule has 1 amide bonds. The summed E-state index contributed by atoms with van der Waals surface area (Å²) in [7, 11) is 0. The van der Waals surface area contributed by atoms with Crippen molar-refractivity contribution < 1.29 is 4.79 Å². The van der Waals surface area contributed by atoms with Crippen molar-refractivity contribution in [2.45, 2.75) is 25.4 Å². The van der Waals surface area contributed by atoms with Crippen LogP contribution in [0.1, 0.15) is 29.0 Å². The molecule has 0 spiro atoms. The quantitative estimate of drug-likeness (QED) is 0.571. The van der Waals surface area contributed by atoms with Crippen LogP contribution >= 0.6 is 0 Å². The monoisotopic (exact) mass is 343 g/mol. The number of hydrogen-bond acceptors (Lipinski definition) is 4. The molecule has 4 aromatic rings. The molecule has 1 aromatic carbocycles. The topological polar surface area (TPSA) is 63.4 Å². The van der Waals surface area contributed by atoms with Crippen LogP contribution in [0.25, 0.3) is 16.7 Å². The fourth-order valence-electron chi connectivity index (χ4n) is 3.24. The highest BCUT2D eigenvalue weighted by molar-refractivity contribution is 5.94. The molecule has 6 heteroatoms. The standard InChI is InChI=1S/C20H17N5O/c26-20(18-12-21-16-5-1-2-6-17(16)23-18)25(14-8-9-14)13-15-11-22-19-7-3-4-10-24(15)19/h1-7,10-12,14H,8-9,13H2. The molecule has 1 saturated carbocycles. The maximum absolute atomic E-state index is 13.1. The predicted molar refractivity (Wildman–Crippen MR) is 97.6 cm³/mol. The molecule has 6 nitrogen and oxygen atoms in total. The van der Waals surface area contributed by atoms with Gasteiger partial charge in [0.1, 0.15) is 11.3 Å². The maximum Gasteiger partial charge on any atom is 0.274 e. The van der Waals surface area contributed by atoms with Crippen LogP contribution in [-0.4, -0.2) is 36.2 Å². The van der Waals surface area contributed by atoms with Crippen LogP contribution in [0.15, 0.2) is 61.1 Å². The number of fused-ring (bicyclic) bond motifs is 2. The number of pyridine rings is 1. The molecule has 0 aliphatic heterocycles. The van der Waals surface area contributed by atoms with Crippen molar-refractivity contribution >= 4 is 22.6 Å². The molecule has 0 unspecified atom stereocenters. The maximum atomic E-state index is 13.1. The van der Waals surface area contributed by atoms with Crippen molar-refractivity contribution in [1.29, 1.82) is 0 Å². The van der Waals surface area contributed by atoms with Crippen molar-refractivity contribution in [2.75, 3.05) is 0 Å². The average Bonchev–Trinajstić information content (AvgIpc) is 3.46. The molecule has 0 atom stereocenters. The fraction of sp³-hybridized carbons (Fsp3) is 0.200. The molecule has 1 aliphatic carbocycles. The van der Waals surface area contributed by atoms with Crippen molar-refractivity contribution in [3.8, 4) is 0 Å². The summed E-state index contributed by atoms with van der Waals surface area (Å²) >= 11 is 0. The van der Waals surface area contributed by atoms with Crippen LogP contribution in [0.4, 0.5) is 0 Å². The molecule has 128 valence electrons. The zero-order valence-corrected chi connectivity index (χ0v) is 14.1. The molecule has 1 aliphatic rings. The van der Waals surface area contributed by atoms with Crippen molar-refractivity contribution in [1.82, 2.24) is 24.3 Å². The van der Waals surface area contributed by atoms with E-state index in [0.717, 1.165) is 35.2 Å². The van der Waals surface area contributed by atoms with Crippen LogP contribution in [0, 0.1) is 0 Å². The molecule has 26 heavy (non-hydrogen) atoms. The number of benzene rings is 1. The SMILES string of the molecule is O=C(c1cnc2ccccc2n1)N(Cc1cnc2ccccn12)C1CC1. The lowest BCUT2D eigenvalue weighted by molar-refractivity contribution is 0.0721. The number of carbonyl (C=O) groups excluding carboxylic acids is 1. The number of nitrogens with zero attached hydrogens (tertiary/aromatic N) is 5. The Hall–Kier alpha value is -3.28. The second-order valence-electron chi connectivity index (χ2n) is 6.59. The molecule has 3 heterocycles. The number of hydrogen-bond donors (Lipinski definition) is 0. The molecule has 0 N–H and O–H groups in total. The normalized spacial score (nSPS) is 14.0. The first-order chi connectivity index (χ1) is 12.8. The Morgan fingerprint density at radius 3 is 2.69 bits per heavy atom. The zero-order chi connectivity index (χ0) is 17.5. The minimum atomic E-state index is -0.0726. The highest BCUT2D eigenvalue weighted by atomic mass is 16.2. The molecule has 3 aromatic heterocycles. The van der Waals surface area contributed by atoms with Gasteiger partial charge in [-0.25, -0.2) is 9.97 Å². The van der Waals surface area contributed by atoms with Gasteiger partial charge in [0.15, 0.2) is 0 Å². The summed E-state index contributed by atoms with van der Waals surface area (Å²) in [5.74, 6) is -0.0726. The van der Waals surface area contributed by atoms with E-state index in [0.29, 0.717) is 12.2 Å². The van der Waals surface area contributed by atoms with Crippen molar-refractivity contribution in [3.05, 3.63) is 72.4 Å². The number of carbonyl (C=O) groups is 1. The Morgan fingerprint density at radius 2 is 1.85 bits per heavy atom. The summed E-state index contributed by atoms with van der Waals surface area (Å²) in [5.41, 5.74) is 3.81. The second-order valence-corrected chi connectivity index (χ2v) is 6.59. The first kappa shape index (κ1) is 15.0. The molecule has 1 fully saturated rings. The molecular formula is C20H17N5O. The van der Waals surface area contributed by atoms with E-state index < -0.39 is 0 Å². The lowest BCUT2D eigenvalue weighted by atomic mass is 10.2. The third-order valence-corrected chi connectivity index (χ3v) is 4.74. The Kier molecular flexibility index (Phi) is 3.41. The number of rotatable bonds is 4. The highest BCUT2D eigenvalue weighted by Gasteiger charge is 2.34. The van der Waals surface area contributed by atoms with Crippen molar-refractivity contribution in [2.24, 2.45) is 0 Å². The van der Waals surface area contributed by atoms with E-state index in [4.69, 9.17) is 0 Å². The number of imidazole rings is 1. The minimum absolute atomic E-state index is 0.0726. The second kappa shape index (κ2) is 5.91. The Bertz CT molecular complexity index is 1120. The van der Waals surface area contributed by atoms with E-state index in [2.05, 4.69) is 15.0 Å². The molecule has 0 saturated heterocycles. The van der Waals surface area contributed by atoms with E-state index in [1.807, 2.05) is 64.2 Å². The Labute approximate surface area is 150 Å². The van der Waals surface area contributed by atoms with Crippen LogP contribution in [0.3, 0.4) is 0 Å². The number of amides is 1. The van der Waals surface area contributed by atoms with E-state index in [-0.39, 0.29) is 11.9 Å². The van der Waals surface area contributed by atoms with E-state index >= 15 is 0 Å². The van der Waals surface area contributed by atoms with Gasteiger partial charge in [0.2, 0.25) is 0 Å². The number of aromatic nitrogens is 4. The molecular weight excluding hydrogens is 326 g/mol.